The predicted octanol–water partition coefficient (Wildman–Crippen LogP) is 4.30. The summed E-state index contributed by atoms with van der Waals surface area (Å²) in [4.78, 5) is 11.4. The number of fused-ring (bicyclic) bond motifs is 1. The van der Waals surface area contributed by atoms with E-state index in [9.17, 15) is 18.0 Å². The molecule has 128 valence electrons. The van der Waals surface area contributed by atoms with Crippen molar-refractivity contribution in [2.24, 2.45) is 0 Å². The molecular formula is C18H19F3N2O. The summed E-state index contributed by atoms with van der Waals surface area (Å²) < 4.78 is 41.5. The number of hydrogen-bond acceptors (Lipinski definition) is 2. The highest BCUT2D eigenvalue weighted by atomic mass is 19.4. The molecule has 1 aliphatic heterocycles. The van der Waals surface area contributed by atoms with Gasteiger partial charge in [0.1, 0.15) is 6.04 Å². The van der Waals surface area contributed by atoms with E-state index < -0.39 is 12.2 Å². The molecule has 0 aromatic heterocycles. The van der Waals surface area contributed by atoms with Gasteiger partial charge in [-0.1, -0.05) is 44.2 Å². The van der Waals surface area contributed by atoms with Crippen LogP contribution in [0.15, 0.2) is 36.4 Å². The van der Waals surface area contributed by atoms with Crippen molar-refractivity contribution < 1.29 is 18.0 Å². The molecule has 1 atom stereocenters. The van der Waals surface area contributed by atoms with Crippen molar-refractivity contribution >= 4 is 16.7 Å². The molecule has 0 unspecified atom stereocenters. The van der Waals surface area contributed by atoms with Gasteiger partial charge in [-0.2, -0.15) is 13.2 Å². The second-order valence-electron chi connectivity index (χ2n) is 6.41. The molecule has 1 saturated heterocycles. The van der Waals surface area contributed by atoms with E-state index in [2.05, 4.69) is 5.43 Å². The van der Waals surface area contributed by atoms with Crippen molar-refractivity contribution in [1.29, 1.82) is 0 Å². The third-order valence-corrected chi connectivity index (χ3v) is 4.34. The minimum Gasteiger partial charge on any atom is -0.288 e. The van der Waals surface area contributed by atoms with E-state index in [4.69, 9.17) is 0 Å². The van der Waals surface area contributed by atoms with Crippen molar-refractivity contribution in [2.75, 3.05) is 6.54 Å². The Balaban J connectivity index is 2.19. The van der Waals surface area contributed by atoms with Crippen LogP contribution in [-0.2, 0) is 4.79 Å². The van der Waals surface area contributed by atoms with Gasteiger partial charge < -0.3 is 0 Å². The van der Waals surface area contributed by atoms with Crippen LogP contribution in [0.3, 0.4) is 0 Å². The average molecular weight is 336 g/mol. The predicted molar refractivity (Wildman–Crippen MR) is 86.3 cm³/mol. The van der Waals surface area contributed by atoms with Crippen LogP contribution in [0, 0.1) is 0 Å². The standard InChI is InChI=1S/C18H19F3N2O/c1-11(2)14-9-12-5-3-4-6-13(12)10-15(14)17(18(19,20)21)23-8-7-16(24)22-23/h3-6,9-11,17H,7-8H2,1-2H3,(H,22,24)/t17-/m0/s1. The Bertz CT molecular complexity index is 770. The lowest BCUT2D eigenvalue weighted by Crippen LogP contribution is -2.44. The molecule has 3 rings (SSSR count). The number of rotatable bonds is 3. The van der Waals surface area contributed by atoms with Crippen LogP contribution >= 0.6 is 0 Å². The minimum absolute atomic E-state index is 0.0490. The molecule has 1 amide bonds. The van der Waals surface area contributed by atoms with Gasteiger partial charge in [0.25, 0.3) is 0 Å². The van der Waals surface area contributed by atoms with Crippen LogP contribution in [0.4, 0.5) is 13.2 Å². The van der Waals surface area contributed by atoms with Gasteiger partial charge in [-0.25, -0.2) is 5.01 Å². The van der Waals surface area contributed by atoms with Gasteiger partial charge >= 0.3 is 6.18 Å². The van der Waals surface area contributed by atoms with Gasteiger partial charge in [0, 0.05) is 13.0 Å². The molecule has 0 bridgehead atoms. The largest absolute Gasteiger partial charge is 0.409 e. The third kappa shape index (κ3) is 3.11. The third-order valence-electron chi connectivity index (χ3n) is 4.34. The lowest BCUT2D eigenvalue weighted by atomic mass is 9.89. The molecule has 0 aliphatic carbocycles. The first-order valence-electron chi connectivity index (χ1n) is 7.93. The van der Waals surface area contributed by atoms with E-state index in [0.717, 1.165) is 15.8 Å². The maximum Gasteiger partial charge on any atom is 0.409 e. The summed E-state index contributed by atoms with van der Waals surface area (Å²) in [5, 5.41) is 2.69. The summed E-state index contributed by atoms with van der Waals surface area (Å²) >= 11 is 0. The zero-order valence-corrected chi connectivity index (χ0v) is 13.5. The molecule has 0 radical (unpaired) electrons. The monoisotopic (exact) mass is 336 g/mol. The molecule has 24 heavy (non-hydrogen) atoms. The van der Waals surface area contributed by atoms with Crippen molar-refractivity contribution in [1.82, 2.24) is 10.4 Å². The van der Waals surface area contributed by atoms with Gasteiger partial charge in [-0.3, -0.25) is 10.2 Å². The number of hydrogen-bond donors (Lipinski definition) is 1. The Morgan fingerprint density at radius 1 is 1.08 bits per heavy atom. The number of nitrogens with one attached hydrogen (secondary N) is 1. The molecule has 1 N–H and O–H groups in total. The molecule has 1 fully saturated rings. The first kappa shape index (κ1) is 16.8. The quantitative estimate of drug-likeness (QED) is 0.906. The molecule has 0 saturated carbocycles. The normalized spacial score (nSPS) is 17.5. The Morgan fingerprint density at radius 2 is 1.67 bits per heavy atom. The Hall–Kier alpha value is -2.08. The summed E-state index contributed by atoms with van der Waals surface area (Å²) in [6.07, 6.45) is -4.40. The summed E-state index contributed by atoms with van der Waals surface area (Å²) in [7, 11) is 0. The molecule has 0 spiro atoms. The fourth-order valence-electron chi connectivity index (χ4n) is 3.22. The zero-order valence-electron chi connectivity index (χ0n) is 13.5. The van der Waals surface area contributed by atoms with E-state index in [1.165, 1.54) is 0 Å². The summed E-state index contributed by atoms with van der Waals surface area (Å²) in [5.41, 5.74) is 3.20. The van der Waals surface area contributed by atoms with Crippen molar-refractivity contribution in [3.05, 3.63) is 47.5 Å². The Kier molecular flexibility index (Phi) is 4.25. The van der Waals surface area contributed by atoms with Crippen molar-refractivity contribution in [2.45, 2.75) is 38.4 Å². The lowest BCUT2D eigenvalue weighted by molar-refractivity contribution is -0.191. The Labute approximate surface area is 138 Å². The summed E-state index contributed by atoms with van der Waals surface area (Å²) in [6.45, 7) is 3.81. The topological polar surface area (TPSA) is 32.3 Å². The number of amides is 1. The minimum atomic E-state index is -4.48. The van der Waals surface area contributed by atoms with Gasteiger partial charge in [0.2, 0.25) is 5.91 Å². The molecule has 2 aromatic carbocycles. The van der Waals surface area contributed by atoms with Gasteiger partial charge in [0.05, 0.1) is 0 Å². The van der Waals surface area contributed by atoms with Crippen LogP contribution in [-0.4, -0.2) is 23.6 Å². The van der Waals surface area contributed by atoms with Crippen LogP contribution in [0.2, 0.25) is 0 Å². The number of carbonyl (C=O) groups excluding carboxylic acids is 1. The maximum absolute atomic E-state index is 13.8. The molecule has 3 nitrogen and oxygen atoms in total. The highest BCUT2D eigenvalue weighted by Gasteiger charge is 2.47. The lowest BCUT2D eigenvalue weighted by Gasteiger charge is -2.31. The van der Waals surface area contributed by atoms with Crippen LogP contribution in [0.1, 0.15) is 43.4 Å². The highest BCUT2D eigenvalue weighted by molar-refractivity contribution is 5.84. The van der Waals surface area contributed by atoms with Crippen LogP contribution in [0.25, 0.3) is 10.8 Å². The number of hydrazine groups is 1. The van der Waals surface area contributed by atoms with Crippen LogP contribution in [0.5, 0.6) is 0 Å². The first-order valence-corrected chi connectivity index (χ1v) is 7.93. The molecule has 2 aromatic rings. The first-order chi connectivity index (χ1) is 11.3. The molecule has 1 aliphatic rings. The van der Waals surface area contributed by atoms with Gasteiger partial charge in [0.15, 0.2) is 0 Å². The van der Waals surface area contributed by atoms with Crippen LogP contribution < -0.4 is 5.43 Å². The van der Waals surface area contributed by atoms with Crippen molar-refractivity contribution in [3.63, 3.8) is 0 Å². The number of halogens is 3. The smallest absolute Gasteiger partial charge is 0.288 e. The molecular weight excluding hydrogens is 317 g/mol. The molecule has 1 heterocycles. The van der Waals surface area contributed by atoms with E-state index in [1.807, 2.05) is 32.0 Å². The second kappa shape index (κ2) is 6.09. The SMILES string of the molecule is CC(C)c1cc2ccccc2cc1[C@H](N1CCC(=O)N1)C(F)(F)F. The van der Waals surface area contributed by atoms with Gasteiger partial charge in [-0.15, -0.1) is 0 Å². The molecule has 6 heteroatoms. The van der Waals surface area contributed by atoms with E-state index in [-0.39, 0.29) is 30.4 Å². The van der Waals surface area contributed by atoms with E-state index in [0.29, 0.717) is 5.56 Å². The maximum atomic E-state index is 13.8. The summed E-state index contributed by atoms with van der Waals surface area (Å²) in [6, 6.07) is 8.96. The second-order valence-corrected chi connectivity index (χ2v) is 6.41. The van der Waals surface area contributed by atoms with E-state index >= 15 is 0 Å². The van der Waals surface area contributed by atoms with Crippen molar-refractivity contribution in [3.8, 4) is 0 Å². The van der Waals surface area contributed by atoms with Gasteiger partial charge in [-0.05, 0) is 33.9 Å². The summed E-state index contributed by atoms with van der Waals surface area (Å²) in [5.74, 6) is -0.441. The highest BCUT2D eigenvalue weighted by Crippen LogP contribution is 2.42. The van der Waals surface area contributed by atoms with E-state index in [1.54, 1.807) is 18.2 Å². The Morgan fingerprint density at radius 3 is 2.12 bits per heavy atom. The fourth-order valence-corrected chi connectivity index (χ4v) is 3.22. The fraction of sp³-hybridized carbons (Fsp3) is 0.389. The number of alkyl halides is 3. The average Bonchev–Trinajstić information content (AvgIpc) is 2.91. The number of carbonyl (C=O) groups is 1. The zero-order chi connectivity index (χ0) is 17.5. The number of nitrogens with zero attached hydrogens (tertiary/aromatic N) is 1. The number of benzene rings is 2.